The van der Waals surface area contributed by atoms with Crippen LogP contribution in [0.4, 0.5) is 11.5 Å². The average Bonchev–Trinajstić information content (AvgIpc) is 2.44. The maximum Gasteiger partial charge on any atom is 0.253 e. The molecule has 9 heteroatoms. The van der Waals surface area contributed by atoms with Gasteiger partial charge in [0.2, 0.25) is 5.91 Å². The molecule has 2 rings (SSSR count). The van der Waals surface area contributed by atoms with Gasteiger partial charge in [-0.05, 0) is 18.2 Å². The minimum atomic E-state index is -0.380. The monoisotopic (exact) mass is 335 g/mol. The second kappa shape index (κ2) is 6.98. The number of halogens is 1. The van der Waals surface area contributed by atoms with E-state index in [1.165, 1.54) is 12.1 Å². The van der Waals surface area contributed by atoms with Crippen molar-refractivity contribution < 1.29 is 4.79 Å². The normalized spacial score (nSPS) is 10.0. The molecule has 1 amide bonds. The first kappa shape index (κ1) is 15.9. The van der Waals surface area contributed by atoms with E-state index in [0.717, 1.165) is 17.8 Å². The Morgan fingerprint density at radius 3 is 2.91 bits per heavy atom. The van der Waals surface area contributed by atoms with Crippen LogP contribution in [0.3, 0.4) is 0 Å². The van der Waals surface area contributed by atoms with Crippen molar-refractivity contribution in [1.29, 1.82) is 5.26 Å². The molecule has 1 heterocycles. The molecule has 0 aliphatic heterocycles. The number of hydrogen-bond donors (Lipinski definition) is 3. The third-order valence-corrected chi connectivity index (χ3v) is 3.64. The van der Waals surface area contributed by atoms with Crippen LogP contribution in [0.5, 0.6) is 0 Å². The molecule has 0 aliphatic rings. The summed E-state index contributed by atoms with van der Waals surface area (Å²) in [7, 11) is 0. The van der Waals surface area contributed by atoms with Gasteiger partial charge in [-0.3, -0.25) is 9.59 Å². The van der Waals surface area contributed by atoms with Crippen LogP contribution in [0, 0.1) is 11.3 Å². The molecule has 0 radical (unpaired) electrons. The maximum atomic E-state index is 11.8. The second-order valence-electron chi connectivity index (χ2n) is 4.12. The van der Waals surface area contributed by atoms with Gasteiger partial charge in [-0.2, -0.15) is 5.26 Å². The molecule has 1 aromatic carbocycles. The molecule has 0 spiro atoms. The lowest BCUT2D eigenvalue weighted by atomic mass is 10.2. The Balaban J connectivity index is 1.97. The summed E-state index contributed by atoms with van der Waals surface area (Å²) >= 11 is 6.92. The smallest absolute Gasteiger partial charge is 0.253 e. The summed E-state index contributed by atoms with van der Waals surface area (Å²) < 4.78 is 0. The number of nitrogens with zero attached hydrogens (tertiary/aromatic N) is 2. The number of nitrogens with one attached hydrogen (secondary N) is 2. The van der Waals surface area contributed by atoms with E-state index in [4.69, 9.17) is 22.6 Å². The zero-order valence-corrected chi connectivity index (χ0v) is 12.7. The Bertz CT molecular complexity index is 815. The number of nitrogen functional groups attached to an aromatic ring is 1. The topological polar surface area (TPSA) is 125 Å². The van der Waals surface area contributed by atoms with Gasteiger partial charge in [-0.15, -0.1) is 0 Å². The summed E-state index contributed by atoms with van der Waals surface area (Å²) in [5.74, 6) is -0.189. The average molecular weight is 336 g/mol. The first-order valence-electron chi connectivity index (χ1n) is 5.97. The lowest BCUT2D eigenvalue weighted by molar-refractivity contribution is -0.113. The van der Waals surface area contributed by atoms with Crippen LogP contribution in [0.25, 0.3) is 0 Å². The molecule has 0 aliphatic carbocycles. The van der Waals surface area contributed by atoms with Crippen LogP contribution in [0.15, 0.2) is 34.2 Å². The number of carbonyl (C=O) groups excluding carboxylic acids is 1. The molecule has 7 nitrogen and oxygen atoms in total. The molecule has 22 heavy (non-hydrogen) atoms. The van der Waals surface area contributed by atoms with Gasteiger partial charge < -0.3 is 16.0 Å². The van der Waals surface area contributed by atoms with Gasteiger partial charge in [0, 0.05) is 11.8 Å². The molecule has 0 unspecified atom stereocenters. The van der Waals surface area contributed by atoms with Gasteiger partial charge in [0.1, 0.15) is 11.9 Å². The van der Waals surface area contributed by atoms with Crippen molar-refractivity contribution in [3.05, 3.63) is 45.2 Å². The minimum Gasteiger partial charge on any atom is -0.383 e. The zero-order valence-electron chi connectivity index (χ0n) is 11.1. The van der Waals surface area contributed by atoms with Crippen molar-refractivity contribution in [3.63, 3.8) is 0 Å². The van der Waals surface area contributed by atoms with Crippen molar-refractivity contribution in [2.24, 2.45) is 0 Å². The van der Waals surface area contributed by atoms with E-state index in [1.807, 2.05) is 6.07 Å². The predicted molar refractivity (Wildman–Crippen MR) is 84.8 cm³/mol. The summed E-state index contributed by atoms with van der Waals surface area (Å²) in [6.07, 6.45) is 0. The fraction of sp³-hybridized carbons (Fsp3) is 0.0769. The van der Waals surface area contributed by atoms with Crippen molar-refractivity contribution >= 4 is 40.8 Å². The molecule has 0 fully saturated rings. The minimum absolute atomic E-state index is 0.0318. The van der Waals surface area contributed by atoms with Gasteiger partial charge in [0.25, 0.3) is 5.56 Å². The molecule has 4 N–H and O–H groups in total. The number of aromatic nitrogens is 2. The molecule has 0 saturated carbocycles. The largest absolute Gasteiger partial charge is 0.383 e. The van der Waals surface area contributed by atoms with Crippen molar-refractivity contribution in [1.82, 2.24) is 9.97 Å². The van der Waals surface area contributed by atoms with Gasteiger partial charge in [-0.25, -0.2) is 4.98 Å². The van der Waals surface area contributed by atoms with E-state index < -0.39 is 0 Å². The van der Waals surface area contributed by atoms with Crippen molar-refractivity contribution in [2.75, 3.05) is 16.8 Å². The molecule has 0 saturated heterocycles. The highest BCUT2D eigenvalue weighted by Gasteiger charge is 2.07. The fourth-order valence-corrected chi connectivity index (χ4v) is 2.44. The summed E-state index contributed by atoms with van der Waals surface area (Å²) in [6, 6.07) is 7.67. The Hall–Kier alpha value is -2.50. The summed E-state index contributed by atoms with van der Waals surface area (Å²) in [5.41, 5.74) is 5.87. The number of thioether (sulfide) groups is 1. The van der Waals surface area contributed by atoms with Crippen LogP contribution in [0.2, 0.25) is 5.02 Å². The molecule has 1 aromatic heterocycles. The van der Waals surface area contributed by atoms with E-state index in [0.29, 0.717) is 11.3 Å². The van der Waals surface area contributed by atoms with E-state index >= 15 is 0 Å². The van der Waals surface area contributed by atoms with Crippen LogP contribution >= 0.6 is 23.4 Å². The Labute approximate surface area is 134 Å². The highest BCUT2D eigenvalue weighted by atomic mass is 35.5. The number of nitrogens with two attached hydrogens (primary N) is 1. The summed E-state index contributed by atoms with van der Waals surface area (Å²) in [4.78, 5) is 29.4. The highest BCUT2D eigenvalue weighted by Crippen LogP contribution is 2.20. The van der Waals surface area contributed by atoms with Gasteiger partial charge in [0.05, 0.1) is 16.3 Å². The second-order valence-corrected chi connectivity index (χ2v) is 5.49. The Morgan fingerprint density at radius 2 is 2.27 bits per heavy atom. The van der Waals surface area contributed by atoms with Gasteiger partial charge in [-0.1, -0.05) is 23.4 Å². The number of amides is 1. The molecule has 0 bridgehead atoms. The number of aromatic amines is 1. The van der Waals surface area contributed by atoms with Crippen LogP contribution in [-0.2, 0) is 4.79 Å². The van der Waals surface area contributed by atoms with Crippen LogP contribution < -0.4 is 16.6 Å². The van der Waals surface area contributed by atoms with Gasteiger partial charge in [0.15, 0.2) is 5.16 Å². The number of carbonyl (C=O) groups is 1. The number of rotatable bonds is 4. The van der Waals surface area contributed by atoms with Crippen molar-refractivity contribution in [2.45, 2.75) is 5.16 Å². The van der Waals surface area contributed by atoms with E-state index in [1.54, 1.807) is 6.07 Å². The SMILES string of the molecule is N#Cc1ccc(NC(=O)CSc2nc(N)cc(=O)[nH]2)cc1Cl. The third-order valence-electron chi connectivity index (χ3n) is 2.45. The third kappa shape index (κ3) is 4.25. The molecular formula is C13H10ClN5O2S. The lowest BCUT2D eigenvalue weighted by Crippen LogP contribution is -2.15. The van der Waals surface area contributed by atoms with Gasteiger partial charge >= 0.3 is 0 Å². The van der Waals surface area contributed by atoms with E-state index in [9.17, 15) is 9.59 Å². The number of H-pyrrole nitrogens is 1. The molecule has 2 aromatic rings. The Morgan fingerprint density at radius 1 is 1.50 bits per heavy atom. The van der Waals surface area contributed by atoms with Crippen molar-refractivity contribution in [3.8, 4) is 6.07 Å². The fourth-order valence-electron chi connectivity index (χ4n) is 1.54. The van der Waals surface area contributed by atoms with E-state index in [2.05, 4.69) is 15.3 Å². The molecule has 0 atom stereocenters. The standard InChI is InChI=1S/C13H10ClN5O2S/c14-9-3-8(2-1-7(9)5-15)17-12(21)6-22-13-18-10(16)4-11(20)19-13/h1-4H,6H2,(H,17,21)(H3,16,18,19,20). The number of benzene rings is 1. The highest BCUT2D eigenvalue weighted by molar-refractivity contribution is 7.99. The zero-order chi connectivity index (χ0) is 16.1. The number of nitriles is 1. The van der Waals surface area contributed by atoms with E-state index in [-0.39, 0.29) is 33.2 Å². The summed E-state index contributed by atoms with van der Waals surface area (Å²) in [5, 5.41) is 11.9. The summed E-state index contributed by atoms with van der Waals surface area (Å²) in [6.45, 7) is 0. The predicted octanol–water partition coefficient (Wildman–Crippen LogP) is 1.61. The quantitative estimate of drug-likeness (QED) is 0.575. The molecular weight excluding hydrogens is 326 g/mol. The first-order valence-corrected chi connectivity index (χ1v) is 7.33. The number of hydrogen-bond acceptors (Lipinski definition) is 6. The van der Waals surface area contributed by atoms with Crippen LogP contribution in [-0.4, -0.2) is 21.6 Å². The Kier molecular flexibility index (Phi) is 5.04. The maximum absolute atomic E-state index is 11.8. The van der Waals surface area contributed by atoms with Crippen LogP contribution in [0.1, 0.15) is 5.56 Å². The lowest BCUT2D eigenvalue weighted by Gasteiger charge is -2.06. The number of anilines is 2. The molecule has 112 valence electrons. The first-order chi connectivity index (χ1) is 10.5.